The van der Waals surface area contributed by atoms with E-state index in [0.717, 1.165) is 4.47 Å². The van der Waals surface area contributed by atoms with Crippen molar-refractivity contribution in [2.24, 2.45) is 0 Å². The highest BCUT2D eigenvalue weighted by Crippen LogP contribution is 2.35. The summed E-state index contributed by atoms with van der Waals surface area (Å²) in [6.07, 6.45) is 8.11. The predicted molar refractivity (Wildman–Crippen MR) is 82.6 cm³/mol. The number of hydrogen-bond acceptors (Lipinski definition) is 0. The second-order valence-electron chi connectivity index (χ2n) is 5.17. The normalized spacial score (nSPS) is 13.9. The summed E-state index contributed by atoms with van der Waals surface area (Å²) in [4.78, 5) is 0. The monoisotopic (exact) mass is 311 g/mol. The van der Waals surface area contributed by atoms with Gasteiger partial charge < -0.3 is 4.40 Å². The zero-order valence-electron chi connectivity index (χ0n) is 10.6. The lowest BCUT2D eigenvalue weighted by atomic mass is 9.92. The number of rotatable bonds is 1. The van der Waals surface area contributed by atoms with Gasteiger partial charge in [-0.1, -0.05) is 34.1 Å². The Morgan fingerprint density at radius 1 is 1.00 bits per heavy atom. The van der Waals surface area contributed by atoms with Gasteiger partial charge in [-0.05, 0) is 54.2 Å². The fourth-order valence-electron chi connectivity index (χ4n) is 3.16. The van der Waals surface area contributed by atoms with E-state index in [4.69, 9.17) is 0 Å². The van der Waals surface area contributed by atoms with Gasteiger partial charge in [-0.15, -0.1) is 0 Å². The van der Waals surface area contributed by atoms with Gasteiger partial charge in [-0.25, -0.2) is 0 Å². The molecule has 0 radical (unpaired) electrons. The maximum Gasteiger partial charge on any atom is 0.0520 e. The SMILES string of the molecule is Brc1ccc(-c2cn3cccc4c3c2CCC4)cc1. The summed E-state index contributed by atoms with van der Waals surface area (Å²) in [6.45, 7) is 0. The molecule has 0 spiro atoms. The first-order valence-corrected chi connectivity index (χ1v) is 7.49. The first-order valence-electron chi connectivity index (χ1n) is 6.70. The molecular weight excluding hydrogens is 298 g/mol. The van der Waals surface area contributed by atoms with Gasteiger partial charge in [0.25, 0.3) is 0 Å². The number of pyridine rings is 1. The zero-order chi connectivity index (χ0) is 12.8. The molecule has 0 unspecified atom stereocenters. The number of aromatic nitrogens is 1. The van der Waals surface area contributed by atoms with E-state index in [1.165, 1.54) is 47.0 Å². The Morgan fingerprint density at radius 2 is 1.84 bits per heavy atom. The van der Waals surface area contributed by atoms with Crippen LogP contribution in [0.1, 0.15) is 17.5 Å². The molecule has 1 aliphatic carbocycles. The van der Waals surface area contributed by atoms with Crippen LogP contribution >= 0.6 is 15.9 Å². The maximum atomic E-state index is 3.51. The summed E-state index contributed by atoms with van der Waals surface area (Å²) < 4.78 is 3.43. The molecule has 1 aliphatic rings. The highest BCUT2D eigenvalue weighted by molar-refractivity contribution is 9.10. The Morgan fingerprint density at radius 3 is 2.68 bits per heavy atom. The van der Waals surface area contributed by atoms with Gasteiger partial charge in [0.15, 0.2) is 0 Å². The van der Waals surface area contributed by atoms with Gasteiger partial charge in [-0.3, -0.25) is 0 Å². The molecule has 0 saturated carbocycles. The van der Waals surface area contributed by atoms with E-state index in [0.29, 0.717) is 0 Å². The van der Waals surface area contributed by atoms with Crippen LogP contribution < -0.4 is 0 Å². The van der Waals surface area contributed by atoms with Crippen LogP contribution in [0.25, 0.3) is 16.6 Å². The van der Waals surface area contributed by atoms with Crippen molar-refractivity contribution < 1.29 is 0 Å². The fourth-order valence-corrected chi connectivity index (χ4v) is 3.43. The van der Waals surface area contributed by atoms with Gasteiger partial charge in [0, 0.05) is 22.4 Å². The van der Waals surface area contributed by atoms with Crippen molar-refractivity contribution in [3.63, 3.8) is 0 Å². The minimum absolute atomic E-state index is 1.13. The van der Waals surface area contributed by atoms with Crippen LogP contribution in [0.5, 0.6) is 0 Å². The van der Waals surface area contributed by atoms with Crippen molar-refractivity contribution in [1.29, 1.82) is 0 Å². The smallest absolute Gasteiger partial charge is 0.0520 e. The molecule has 19 heavy (non-hydrogen) atoms. The summed E-state index contributed by atoms with van der Waals surface area (Å²) >= 11 is 3.51. The quantitative estimate of drug-likeness (QED) is 0.604. The first-order chi connectivity index (χ1) is 9.33. The molecule has 0 amide bonds. The molecule has 3 aromatic rings. The number of hydrogen-bond donors (Lipinski definition) is 0. The lowest BCUT2D eigenvalue weighted by Gasteiger charge is -2.14. The Bertz CT molecular complexity index is 753. The third kappa shape index (κ3) is 1.74. The molecule has 0 N–H and O–H groups in total. The molecule has 0 saturated heterocycles. The van der Waals surface area contributed by atoms with E-state index in [9.17, 15) is 0 Å². The molecule has 2 heteroatoms. The molecule has 1 aromatic carbocycles. The van der Waals surface area contributed by atoms with Crippen molar-refractivity contribution in [3.8, 4) is 11.1 Å². The van der Waals surface area contributed by atoms with E-state index >= 15 is 0 Å². The number of benzene rings is 1. The summed E-state index contributed by atoms with van der Waals surface area (Å²) in [5.74, 6) is 0. The zero-order valence-corrected chi connectivity index (χ0v) is 12.2. The Hall–Kier alpha value is -1.54. The second kappa shape index (κ2) is 4.24. The van der Waals surface area contributed by atoms with Crippen LogP contribution in [-0.4, -0.2) is 4.40 Å². The standard InChI is InChI=1S/C17H14BrN/c18-14-8-6-12(7-9-14)16-11-19-10-2-4-13-3-1-5-15(16)17(13)19/h2,4,6-11H,1,3,5H2. The van der Waals surface area contributed by atoms with E-state index < -0.39 is 0 Å². The van der Waals surface area contributed by atoms with E-state index in [2.05, 4.69) is 69.1 Å². The van der Waals surface area contributed by atoms with Gasteiger partial charge in [0.2, 0.25) is 0 Å². The largest absolute Gasteiger partial charge is 0.323 e. The van der Waals surface area contributed by atoms with Crippen LogP contribution in [-0.2, 0) is 12.8 Å². The third-order valence-electron chi connectivity index (χ3n) is 4.01. The molecule has 0 bridgehead atoms. The van der Waals surface area contributed by atoms with Gasteiger partial charge >= 0.3 is 0 Å². The predicted octanol–water partition coefficient (Wildman–Crippen LogP) is 4.86. The van der Waals surface area contributed by atoms with Crippen LogP contribution in [0.4, 0.5) is 0 Å². The minimum atomic E-state index is 1.13. The summed E-state index contributed by atoms with van der Waals surface area (Å²) in [5.41, 5.74) is 7.15. The number of halogens is 1. The minimum Gasteiger partial charge on any atom is -0.323 e. The first kappa shape index (κ1) is 11.3. The molecule has 0 fully saturated rings. The summed E-state index contributed by atoms with van der Waals surface area (Å²) in [7, 11) is 0. The maximum absolute atomic E-state index is 3.51. The highest BCUT2D eigenvalue weighted by atomic mass is 79.9. The van der Waals surface area contributed by atoms with Crippen LogP contribution in [0, 0.1) is 0 Å². The Balaban J connectivity index is 2.01. The average Bonchev–Trinajstić information content (AvgIpc) is 2.82. The van der Waals surface area contributed by atoms with Crippen molar-refractivity contribution in [2.45, 2.75) is 19.3 Å². The van der Waals surface area contributed by atoms with Gasteiger partial charge in [0.1, 0.15) is 0 Å². The van der Waals surface area contributed by atoms with E-state index in [-0.39, 0.29) is 0 Å². The van der Waals surface area contributed by atoms with E-state index in [1.807, 2.05) is 0 Å². The molecule has 0 atom stereocenters. The Kier molecular flexibility index (Phi) is 2.52. The second-order valence-corrected chi connectivity index (χ2v) is 6.09. The molecule has 2 aromatic heterocycles. The molecule has 2 heterocycles. The molecule has 0 aliphatic heterocycles. The Labute approximate surface area is 121 Å². The molecule has 94 valence electrons. The van der Waals surface area contributed by atoms with Gasteiger partial charge in [0.05, 0.1) is 5.52 Å². The lowest BCUT2D eigenvalue weighted by molar-refractivity contribution is 0.803. The van der Waals surface area contributed by atoms with Crippen molar-refractivity contribution in [1.82, 2.24) is 4.40 Å². The number of aryl methyl sites for hydroxylation is 2. The van der Waals surface area contributed by atoms with Crippen molar-refractivity contribution in [3.05, 3.63) is 64.4 Å². The van der Waals surface area contributed by atoms with Crippen LogP contribution in [0.2, 0.25) is 0 Å². The lowest BCUT2D eigenvalue weighted by Crippen LogP contribution is -2.01. The summed E-state index contributed by atoms with van der Waals surface area (Å²) in [6, 6.07) is 13.1. The van der Waals surface area contributed by atoms with Gasteiger partial charge in [-0.2, -0.15) is 0 Å². The molecule has 4 rings (SSSR count). The topological polar surface area (TPSA) is 4.41 Å². The molecule has 1 nitrogen and oxygen atoms in total. The summed E-state index contributed by atoms with van der Waals surface area (Å²) in [5, 5.41) is 0. The van der Waals surface area contributed by atoms with Crippen molar-refractivity contribution in [2.75, 3.05) is 0 Å². The third-order valence-corrected chi connectivity index (χ3v) is 4.54. The highest BCUT2D eigenvalue weighted by Gasteiger charge is 2.18. The molecular formula is C17H14BrN. The fraction of sp³-hybridized carbons (Fsp3) is 0.176. The number of nitrogens with zero attached hydrogens (tertiary/aromatic N) is 1. The van der Waals surface area contributed by atoms with Crippen LogP contribution in [0.15, 0.2) is 53.3 Å². The van der Waals surface area contributed by atoms with E-state index in [1.54, 1.807) is 0 Å². The van der Waals surface area contributed by atoms with Crippen molar-refractivity contribution >= 4 is 21.4 Å². The van der Waals surface area contributed by atoms with Crippen LogP contribution in [0.3, 0.4) is 0 Å². The average molecular weight is 312 g/mol.